The van der Waals surface area contributed by atoms with Gasteiger partial charge in [-0.25, -0.2) is 0 Å². The van der Waals surface area contributed by atoms with Crippen LogP contribution in [0.15, 0.2) is 18.2 Å². The Kier molecular flexibility index (Phi) is 5.12. The normalized spacial score (nSPS) is 25.0. The van der Waals surface area contributed by atoms with E-state index in [2.05, 4.69) is 18.7 Å². The third-order valence-electron chi connectivity index (χ3n) is 5.12. The summed E-state index contributed by atoms with van der Waals surface area (Å²) in [6, 6.07) is 5.86. The van der Waals surface area contributed by atoms with E-state index in [4.69, 9.17) is 4.74 Å². The maximum Gasteiger partial charge on any atom is 0.0718 e. The minimum absolute atomic E-state index is 0.0161. The molecule has 1 aromatic carbocycles. The smallest absolute Gasteiger partial charge is 0.0718 e. The van der Waals surface area contributed by atoms with Gasteiger partial charge in [-0.2, -0.15) is 0 Å². The summed E-state index contributed by atoms with van der Waals surface area (Å²) in [5.74, 6) is -1.11. The minimum Gasteiger partial charge on any atom is -0.545 e. The van der Waals surface area contributed by atoms with Gasteiger partial charge in [0.1, 0.15) is 0 Å². The lowest BCUT2D eigenvalue weighted by Crippen LogP contribution is -2.43. The van der Waals surface area contributed by atoms with Crippen LogP contribution in [-0.2, 0) is 4.74 Å². The predicted octanol–water partition coefficient (Wildman–Crippen LogP) is 2.53. The molecular weight excluding hydrogens is 278 g/mol. The lowest BCUT2D eigenvalue weighted by molar-refractivity contribution is -0.255. The Bertz CT molecular complexity index is 533. The van der Waals surface area contributed by atoms with Crippen LogP contribution in [0.3, 0.4) is 0 Å². The van der Waals surface area contributed by atoms with Crippen molar-refractivity contribution >= 4 is 11.7 Å². The number of ether oxygens (including phenoxy) is 1. The van der Waals surface area contributed by atoms with Crippen molar-refractivity contribution in [3.8, 4) is 0 Å². The maximum atomic E-state index is 11.2. The molecule has 0 aromatic heterocycles. The summed E-state index contributed by atoms with van der Waals surface area (Å²) >= 11 is 0. The second-order valence-electron chi connectivity index (χ2n) is 6.41. The third-order valence-corrected chi connectivity index (χ3v) is 5.12. The number of carbonyl (C=O) groups excluding carboxylic acids is 1. The molecule has 22 heavy (non-hydrogen) atoms. The Hall–Kier alpha value is -1.55. The number of hydrogen-bond donors (Lipinski definition) is 0. The lowest BCUT2D eigenvalue weighted by Gasteiger charge is -2.42. The van der Waals surface area contributed by atoms with Crippen LogP contribution >= 0.6 is 0 Å². The Morgan fingerprint density at radius 3 is 2.55 bits per heavy atom. The van der Waals surface area contributed by atoms with Crippen molar-refractivity contribution in [2.45, 2.75) is 58.1 Å². The number of carbonyl (C=O) groups is 1. The van der Waals surface area contributed by atoms with Gasteiger partial charge in [-0.3, -0.25) is 0 Å². The predicted molar refractivity (Wildman–Crippen MR) is 86.2 cm³/mol. The van der Waals surface area contributed by atoms with Gasteiger partial charge in [0.2, 0.25) is 0 Å². The standard InChI is InChI=1S/C18H27NO3/c1-5-19(14-9-11-18(3,22-4)12-10-14)16-8-6-7-15(13(16)2)17(20)21/h6-8,14H,5,9-12H2,1-4H3,(H,20,21)/p-1. The van der Waals surface area contributed by atoms with Gasteiger partial charge in [0.25, 0.3) is 0 Å². The van der Waals surface area contributed by atoms with Crippen LogP contribution in [-0.4, -0.2) is 31.3 Å². The number of rotatable bonds is 5. The summed E-state index contributed by atoms with van der Waals surface area (Å²) in [6.45, 7) is 7.02. The molecule has 0 unspecified atom stereocenters. The Morgan fingerprint density at radius 1 is 1.41 bits per heavy atom. The van der Waals surface area contributed by atoms with Crippen LogP contribution in [0.25, 0.3) is 0 Å². The number of methoxy groups -OCH3 is 1. The molecule has 4 heteroatoms. The van der Waals surface area contributed by atoms with Crippen molar-refractivity contribution in [1.82, 2.24) is 0 Å². The Labute approximate surface area is 133 Å². The van der Waals surface area contributed by atoms with Crippen LogP contribution in [0, 0.1) is 6.92 Å². The van der Waals surface area contributed by atoms with E-state index >= 15 is 0 Å². The molecule has 0 N–H and O–H groups in total. The van der Waals surface area contributed by atoms with E-state index in [1.807, 2.05) is 13.0 Å². The van der Waals surface area contributed by atoms with Crippen LogP contribution in [0.1, 0.15) is 55.5 Å². The quantitative estimate of drug-likeness (QED) is 0.839. The molecule has 0 radical (unpaired) electrons. The zero-order valence-electron chi connectivity index (χ0n) is 14.0. The number of hydrogen-bond acceptors (Lipinski definition) is 4. The van der Waals surface area contributed by atoms with E-state index in [1.54, 1.807) is 19.2 Å². The summed E-state index contributed by atoms with van der Waals surface area (Å²) in [4.78, 5) is 13.6. The average Bonchev–Trinajstić information content (AvgIpc) is 2.51. The highest BCUT2D eigenvalue weighted by Gasteiger charge is 2.33. The van der Waals surface area contributed by atoms with Crippen molar-refractivity contribution in [3.05, 3.63) is 29.3 Å². The first-order valence-corrected chi connectivity index (χ1v) is 8.04. The molecular formula is C18H26NO3-. The fourth-order valence-corrected chi connectivity index (χ4v) is 3.51. The van der Waals surface area contributed by atoms with Gasteiger partial charge < -0.3 is 19.5 Å². The van der Waals surface area contributed by atoms with Gasteiger partial charge in [-0.1, -0.05) is 12.1 Å². The highest BCUT2D eigenvalue weighted by Crippen LogP contribution is 2.36. The molecule has 122 valence electrons. The molecule has 1 aliphatic carbocycles. The maximum absolute atomic E-state index is 11.2. The molecule has 1 aliphatic rings. The SMILES string of the molecule is CCN(c1cccc(C(=O)[O-])c1C)C1CCC(C)(OC)CC1. The number of nitrogens with zero attached hydrogens (tertiary/aromatic N) is 1. The van der Waals surface area contributed by atoms with E-state index in [-0.39, 0.29) is 11.2 Å². The molecule has 0 amide bonds. The fraction of sp³-hybridized carbons (Fsp3) is 0.611. The average molecular weight is 304 g/mol. The van der Waals surface area contributed by atoms with Gasteiger partial charge >= 0.3 is 0 Å². The first kappa shape index (κ1) is 16.8. The van der Waals surface area contributed by atoms with Gasteiger partial charge in [0.05, 0.1) is 11.6 Å². The largest absolute Gasteiger partial charge is 0.545 e. The number of carboxylic acids is 1. The molecule has 1 saturated carbocycles. The van der Waals surface area contributed by atoms with Crippen molar-refractivity contribution < 1.29 is 14.6 Å². The number of carboxylic acid groups (broad SMARTS) is 1. The summed E-state index contributed by atoms with van der Waals surface area (Å²) in [5, 5.41) is 11.2. The molecule has 0 atom stereocenters. The Morgan fingerprint density at radius 2 is 2.05 bits per heavy atom. The van der Waals surface area contributed by atoms with E-state index < -0.39 is 5.97 Å². The van der Waals surface area contributed by atoms with Crippen molar-refractivity contribution in [2.24, 2.45) is 0 Å². The third kappa shape index (κ3) is 3.27. The summed E-state index contributed by atoms with van der Waals surface area (Å²) in [5.41, 5.74) is 2.07. The van der Waals surface area contributed by atoms with Gasteiger partial charge in [0, 0.05) is 30.9 Å². The first-order chi connectivity index (χ1) is 10.4. The van der Waals surface area contributed by atoms with Crippen LogP contribution in [0.2, 0.25) is 0 Å². The molecule has 0 bridgehead atoms. The summed E-state index contributed by atoms with van der Waals surface area (Å²) in [6.07, 6.45) is 4.19. The Balaban J connectivity index is 2.23. The molecule has 0 spiro atoms. The number of anilines is 1. The zero-order valence-corrected chi connectivity index (χ0v) is 14.0. The fourth-order valence-electron chi connectivity index (χ4n) is 3.51. The second kappa shape index (κ2) is 6.69. The molecule has 0 saturated heterocycles. The van der Waals surface area contributed by atoms with E-state index in [0.29, 0.717) is 6.04 Å². The molecule has 4 nitrogen and oxygen atoms in total. The molecule has 1 fully saturated rings. The monoisotopic (exact) mass is 304 g/mol. The molecule has 2 rings (SSSR count). The molecule has 0 aliphatic heterocycles. The highest BCUT2D eigenvalue weighted by molar-refractivity contribution is 5.89. The van der Waals surface area contributed by atoms with Crippen molar-refractivity contribution in [3.63, 3.8) is 0 Å². The first-order valence-electron chi connectivity index (χ1n) is 8.04. The molecule has 0 heterocycles. The number of aromatic carboxylic acids is 1. The van der Waals surface area contributed by atoms with Gasteiger partial charge in [-0.05, 0) is 58.1 Å². The lowest BCUT2D eigenvalue weighted by atomic mass is 9.82. The van der Waals surface area contributed by atoms with Gasteiger partial charge in [-0.15, -0.1) is 0 Å². The van der Waals surface area contributed by atoms with E-state index in [9.17, 15) is 9.90 Å². The summed E-state index contributed by atoms with van der Waals surface area (Å²) < 4.78 is 5.62. The van der Waals surface area contributed by atoms with Crippen molar-refractivity contribution in [1.29, 1.82) is 0 Å². The zero-order chi connectivity index (χ0) is 16.3. The second-order valence-corrected chi connectivity index (χ2v) is 6.41. The topological polar surface area (TPSA) is 52.6 Å². The van der Waals surface area contributed by atoms with Crippen LogP contribution < -0.4 is 10.0 Å². The van der Waals surface area contributed by atoms with Gasteiger partial charge in [0.15, 0.2) is 0 Å². The molecule has 1 aromatic rings. The van der Waals surface area contributed by atoms with Crippen molar-refractivity contribution in [2.75, 3.05) is 18.6 Å². The highest BCUT2D eigenvalue weighted by atomic mass is 16.5. The van der Waals surface area contributed by atoms with Crippen LogP contribution in [0.4, 0.5) is 5.69 Å². The number of benzene rings is 1. The van der Waals surface area contributed by atoms with E-state index in [0.717, 1.165) is 43.5 Å². The summed E-state index contributed by atoms with van der Waals surface area (Å²) in [7, 11) is 1.78. The minimum atomic E-state index is -1.11. The van der Waals surface area contributed by atoms with E-state index in [1.165, 1.54) is 0 Å². The van der Waals surface area contributed by atoms with Crippen LogP contribution in [0.5, 0.6) is 0 Å².